The van der Waals surface area contributed by atoms with E-state index in [4.69, 9.17) is 4.74 Å². The average molecular weight is 425 g/mol. The number of sulfone groups is 1. The Morgan fingerprint density at radius 3 is 2.27 bits per heavy atom. The largest absolute Gasteiger partial charge is 0.497 e. The highest BCUT2D eigenvalue weighted by atomic mass is 32.2. The van der Waals surface area contributed by atoms with E-state index in [1.807, 2.05) is 31.2 Å². The average Bonchev–Trinajstić information content (AvgIpc) is 2.77. The highest BCUT2D eigenvalue weighted by Crippen LogP contribution is 2.29. The first-order valence-corrected chi connectivity index (χ1v) is 11.0. The molecule has 1 aromatic heterocycles. The zero-order valence-corrected chi connectivity index (χ0v) is 18.1. The number of methoxy groups -OCH3 is 1. The minimum atomic E-state index is -3.42. The minimum Gasteiger partial charge on any atom is -0.497 e. The van der Waals surface area contributed by atoms with Crippen LogP contribution in [0.4, 0.5) is 5.95 Å². The molecular weight excluding hydrogens is 400 g/mol. The summed E-state index contributed by atoms with van der Waals surface area (Å²) < 4.78 is 30.5. The van der Waals surface area contributed by atoms with Gasteiger partial charge < -0.3 is 4.74 Å². The maximum Gasteiger partial charge on any atom is 0.243 e. The summed E-state index contributed by atoms with van der Waals surface area (Å²) in [5, 5.41) is 3.79. The molecule has 0 fully saturated rings. The Morgan fingerprint density at radius 2 is 1.67 bits per heavy atom. The fourth-order valence-electron chi connectivity index (χ4n) is 2.76. The monoisotopic (exact) mass is 424 g/mol. The molecule has 0 saturated carbocycles. The van der Waals surface area contributed by atoms with Crippen molar-refractivity contribution in [2.45, 2.75) is 30.9 Å². The summed E-state index contributed by atoms with van der Waals surface area (Å²) in [4.78, 5) is 8.82. The fourth-order valence-corrected chi connectivity index (χ4v) is 4.03. The molecule has 1 heterocycles. The van der Waals surface area contributed by atoms with E-state index < -0.39 is 15.1 Å². The van der Waals surface area contributed by atoms with Gasteiger partial charge in [0.05, 0.1) is 23.0 Å². The molecule has 0 saturated heterocycles. The van der Waals surface area contributed by atoms with Gasteiger partial charge in [-0.05, 0) is 56.7 Å². The Bertz CT molecular complexity index is 1140. The molecule has 0 aliphatic carbocycles. The van der Waals surface area contributed by atoms with Crippen LogP contribution in [0.3, 0.4) is 0 Å². The summed E-state index contributed by atoms with van der Waals surface area (Å²) >= 11 is 0. The number of nitrogens with one attached hydrogen (secondary N) is 1. The Kier molecular flexibility index (Phi) is 6.47. The number of hydrogen-bond donors (Lipinski definition) is 1. The summed E-state index contributed by atoms with van der Waals surface area (Å²) in [5.74, 6) is 1.09. The van der Waals surface area contributed by atoms with Gasteiger partial charge in [-0.1, -0.05) is 18.2 Å². The van der Waals surface area contributed by atoms with Crippen molar-refractivity contribution in [2.75, 3.05) is 12.5 Å². The number of anilines is 1. The molecule has 8 heteroatoms. The lowest BCUT2D eigenvalue weighted by atomic mass is 10.1. The van der Waals surface area contributed by atoms with Crippen molar-refractivity contribution in [3.63, 3.8) is 0 Å². The van der Waals surface area contributed by atoms with Crippen LogP contribution < -0.4 is 10.2 Å². The predicted molar refractivity (Wildman–Crippen MR) is 119 cm³/mol. The maximum absolute atomic E-state index is 12.7. The number of nitrogens with zero attached hydrogens (tertiary/aromatic N) is 3. The Morgan fingerprint density at radius 1 is 1.03 bits per heavy atom. The van der Waals surface area contributed by atoms with Crippen LogP contribution in [0.15, 0.2) is 70.9 Å². The van der Waals surface area contributed by atoms with E-state index in [0.717, 1.165) is 17.0 Å². The van der Waals surface area contributed by atoms with E-state index in [1.165, 1.54) is 0 Å². The van der Waals surface area contributed by atoms with E-state index in [1.54, 1.807) is 57.6 Å². The van der Waals surface area contributed by atoms with Gasteiger partial charge in [-0.15, -0.1) is 0 Å². The molecule has 30 heavy (non-hydrogen) atoms. The lowest BCUT2D eigenvalue weighted by Crippen LogP contribution is -2.15. The van der Waals surface area contributed by atoms with Crippen molar-refractivity contribution in [3.8, 4) is 16.9 Å². The molecule has 1 N–H and O–H groups in total. The lowest BCUT2D eigenvalue weighted by molar-refractivity contribution is 0.415. The summed E-state index contributed by atoms with van der Waals surface area (Å²) in [7, 11) is -1.80. The zero-order valence-electron chi connectivity index (χ0n) is 17.3. The second kappa shape index (κ2) is 9.04. The maximum atomic E-state index is 12.7. The molecule has 7 nitrogen and oxygen atoms in total. The van der Waals surface area contributed by atoms with Crippen LogP contribution in [-0.4, -0.2) is 36.5 Å². The van der Waals surface area contributed by atoms with E-state index >= 15 is 0 Å². The first-order valence-electron chi connectivity index (χ1n) is 9.43. The minimum absolute atomic E-state index is 0.276. The zero-order chi connectivity index (χ0) is 21.7. The van der Waals surface area contributed by atoms with Crippen LogP contribution in [0.1, 0.15) is 26.3 Å². The number of rotatable bonds is 7. The van der Waals surface area contributed by atoms with Crippen LogP contribution in [0, 0.1) is 0 Å². The van der Waals surface area contributed by atoms with Crippen molar-refractivity contribution < 1.29 is 13.2 Å². The van der Waals surface area contributed by atoms with Gasteiger partial charge in [0.1, 0.15) is 5.75 Å². The van der Waals surface area contributed by atoms with Gasteiger partial charge in [0.15, 0.2) is 9.84 Å². The molecule has 0 aliphatic rings. The van der Waals surface area contributed by atoms with Gasteiger partial charge in [0, 0.05) is 23.5 Å². The number of hydrogen-bond acceptors (Lipinski definition) is 7. The third kappa shape index (κ3) is 4.65. The predicted octanol–water partition coefficient (Wildman–Crippen LogP) is 4.17. The molecule has 0 spiro atoms. The summed E-state index contributed by atoms with van der Waals surface area (Å²) in [5.41, 5.74) is 5.73. The fraction of sp³-hybridized carbons (Fsp3) is 0.227. The third-order valence-electron chi connectivity index (χ3n) is 4.61. The van der Waals surface area contributed by atoms with Gasteiger partial charge in [-0.2, -0.15) is 5.10 Å². The highest BCUT2D eigenvalue weighted by Gasteiger charge is 2.23. The van der Waals surface area contributed by atoms with Gasteiger partial charge in [0.25, 0.3) is 0 Å². The molecule has 0 bridgehead atoms. The van der Waals surface area contributed by atoms with Crippen molar-refractivity contribution in [1.82, 2.24) is 9.97 Å². The van der Waals surface area contributed by atoms with E-state index in [0.29, 0.717) is 17.1 Å². The standard InChI is InChI=1S/C22H24N4O3S/c1-15(2)30(27,28)21-8-6-5-7-20(21)18-13-23-22(24-14-18)26-25-16(3)17-9-11-19(29-4)12-10-17/h5-15H,1-4H3,(H,23,24,26)/b25-16+. The van der Waals surface area contributed by atoms with E-state index in [9.17, 15) is 8.42 Å². The molecule has 0 aliphatic heterocycles. The smallest absolute Gasteiger partial charge is 0.243 e. The third-order valence-corrected chi connectivity index (χ3v) is 6.82. The molecule has 3 aromatic rings. The van der Waals surface area contributed by atoms with Crippen molar-refractivity contribution >= 4 is 21.5 Å². The van der Waals surface area contributed by atoms with Gasteiger partial charge in [0.2, 0.25) is 5.95 Å². The van der Waals surface area contributed by atoms with Gasteiger partial charge >= 0.3 is 0 Å². The lowest BCUT2D eigenvalue weighted by Gasteiger charge is -2.12. The van der Waals surface area contributed by atoms with Crippen LogP contribution in [0.25, 0.3) is 11.1 Å². The summed E-state index contributed by atoms with van der Waals surface area (Å²) in [6.45, 7) is 5.20. The van der Waals surface area contributed by atoms with Crippen LogP contribution in [-0.2, 0) is 9.84 Å². The van der Waals surface area contributed by atoms with Gasteiger partial charge in [-0.25, -0.2) is 23.8 Å². The van der Waals surface area contributed by atoms with Crippen LogP contribution in [0.5, 0.6) is 5.75 Å². The summed E-state index contributed by atoms with van der Waals surface area (Å²) in [6.07, 6.45) is 3.17. The molecule has 3 rings (SSSR count). The van der Waals surface area contributed by atoms with E-state index in [2.05, 4.69) is 20.5 Å². The van der Waals surface area contributed by atoms with Crippen LogP contribution in [0.2, 0.25) is 0 Å². The molecule has 0 amide bonds. The quantitative estimate of drug-likeness (QED) is 0.452. The van der Waals surface area contributed by atoms with Crippen molar-refractivity contribution in [1.29, 1.82) is 0 Å². The number of hydrazone groups is 1. The second-order valence-electron chi connectivity index (χ2n) is 6.92. The Hall–Kier alpha value is -3.26. The molecule has 0 atom stereocenters. The number of benzene rings is 2. The van der Waals surface area contributed by atoms with Gasteiger partial charge in [-0.3, -0.25) is 0 Å². The molecule has 2 aromatic carbocycles. The highest BCUT2D eigenvalue weighted by molar-refractivity contribution is 7.92. The topological polar surface area (TPSA) is 93.5 Å². The molecule has 0 radical (unpaired) electrons. The van der Waals surface area contributed by atoms with Crippen molar-refractivity contribution in [2.24, 2.45) is 5.10 Å². The molecule has 0 unspecified atom stereocenters. The SMILES string of the molecule is COc1ccc(/C(C)=N/Nc2ncc(-c3ccccc3S(=O)(=O)C(C)C)cn2)cc1. The molecule has 156 valence electrons. The van der Waals surface area contributed by atoms with Crippen molar-refractivity contribution in [3.05, 3.63) is 66.5 Å². The van der Waals surface area contributed by atoms with E-state index in [-0.39, 0.29) is 4.90 Å². The summed E-state index contributed by atoms with van der Waals surface area (Å²) in [6, 6.07) is 14.4. The Labute approximate surface area is 176 Å². The number of aromatic nitrogens is 2. The molecular formula is C22H24N4O3S. The number of ether oxygens (including phenoxy) is 1. The first-order chi connectivity index (χ1) is 14.3. The van der Waals surface area contributed by atoms with Crippen LogP contribution >= 0.6 is 0 Å². The first kappa shape index (κ1) is 21.4. The second-order valence-corrected chi connectivity index (χ2v) is 9.40. The normalized spacial score (nSPS) is 12.1. The Balaban J connectivity index is 1.81.